The highest BCUT2D eigenvalue weighted by atomic mass is 35.5. The van der Waals surface area contributed by atoms with Crippen LogP contribution in [-0.4, -0.2) is 36.5 Å². The Morgan fingerprint density at radius 2 is 1.93 bits per heavy atom. The number of anilines is 1. The van der Waals surface area contributed by atoms with Gasteiger partial charge in [0.1, 0.15) is 5.75 Å². The van der Waals surface area contributed by atoms with Crippen LogP contribution >= 0.6 is 22.9 Å². The summed E-state index contributed by atoms with van der Waals surface area (Å²) in [4.78, 5) is 28.0. The number of benzene rings is 1. The Kier molecular flexibility index (Phi) is 7.56. The lowest BCUT2D eigenvalue weighted by Gasteiger charge is -2.39. The van der Waals surface area contributed by atoms with E-state index in [4.69, 9.17) is 16.3 Å². The van der Waals surface area contributed by atoms with E-state index in [9.17, 15) is 9.59 Å². The molecule has 0 spiro atoms. The zero-order valence-corrected chi connectivity index (χ0v) is 18.4. The van der Waals surface area contributed by atoms with Crippen molar-refractivity contribution >= 4 is 40.4 Å². The number of para-hydroxylation sites is 1. The highest BCUT2D eigenvalue weighted by Crippen LogP contribution is 2.35. The maximum absolute atomic E-state index is 12.5. The van der Waals surface area contributed by atoms with Gasteiger partial charge in [-0.1, -0.05) is 43.6 Å². The Morgan fingerprint density at radius 1 is 1.24 bits per heavy atom. The molecular weight excluding hydrogens is 408 g/mol. The minimum atomic E-state index is -0.313. The third-order valence-corrected chi connectivity index (χ3v) is 6.53. The third-order valence-electron chi connectivity index (χ3n) is 5.29. The quantitative estimate of drug-likeness (QED) is 0.526. The van der Waals surface area contributed by atoms with Gasteiger partial charge in [0.05, 0.1) is 9.34 Å². The molecule has 1 fully saturated rings. The van der Waals surface area contributed by atoms with E-state index in [1.54, 1.807) is 17.0 Å². The molecule has 29 heavy (non-hydrogen) atoms. The number of amides is 2. The molecule has 1 aliphatic heterocycles. The molecule has 0 N–H and O–H groups in total. The number of carbonyl (C=O) groups is 2. The molecule has 1 saturated heterocycles. The van der Waals surface area contributed by atoms with E-state index in [-0.39, 0.29) is 12.1 Å². The van der Waals surface area contributed by atoms with Gasteiger partial charge in [0.15, 0.2) is 0 Å². The maximum atomic E-state index is 12.5. The van der Waals surface area contributed by atoms with Crippen molar-refractivity contribution in [3.8, 4) is 5.75 Å². The van der Waals surface area contributed by atoms with Gasteiger partial charge in [-0.3, -0.25) is 4.79 Å². The summed E-state index contributed by atoms with van der Waals surface area (Å²) < 4.78 is 6.14. The van der Waals surface area contributed by atoms with Gasteiger partial charge in [-0.2, -0.15) is 0 Å². The molecule has 1 unspecified atom stereocenters. The predicted molar refractivity (Wildman–Crippen MR) is 118 cm³/mol. The molecule has 156 valence electrons. The van der Waals surface area contributed by atoms with Crippen molar-refractivity contribution in [1.82, 2.24) is 4.90 Å². The monoisotopic (exact) mass is 434 g/mol. The SMILES string of the molecule is CC(C)CC(C1CCN(C(=O)Oc2ccccc2)CC1)N(C=O)c1ccc(Cl)s1. The molecule has 7 heteroatoms. The molecule has 1 atom stereocenters. The molecule has 0 radical (unpaired) electrons. The fourth-order valence-electron chi connectivity index (χ4n) is 3.87. The van der Waals surface area contributed by atoms with Crippen molar-refractivity contribution in [3.05, 3.63) is 46.8 Å². The molecular formula is C22H27ClN2O3S. The van der Waals surface area contributed by atoms with Crippen LogP contribution in [0.2, 0.25) is 4.34 Å². The fourth-order valence-corrected chi connectivity index (χ4v) is 4.93. The molecule has 5 nitrogen and oxygen atoms in total. The molecule has 1 aromatic carbocycles. The van der Waals surface area contributed by atoms with Crippen molar-refractivity contribution in [2.24, 2.45) is 11.8 Å². The van der Waals surface area contributed by atoms with Gasteiger partial charge in [0.25, 0.3) is 0 Å². The first kappa shape index (κ1) is 21.7. The largest absolute Gasteiger partial charge is 0.415 e. The standard InChI is InChI=1S/C22H27ClN2O3S/c1-16(2)14-19(25(15-26)21-9-8-20(23)29-21)17-10-12-24(13-11-17)22(27)28-18-6-4-3-5-7-18/h3-9,15-17,19H,10-14H2,1-2H3. The van der Waals surface area contributed by atoms with Gasteiger partial charge in [0.2, 0.25) is 6.41 Å². The molecule has 3 rings (SSSR count). The second-order valence-electron chi connectivity index (χ2n) is 7.79. The second-order valence-corrected chi connectivity index (χ2v) is 9.49. The summed E-state index contributed by atoms with van der Waals surface area (Å²) in [5, 5.41) is 0.876. The number of likely N-dealkylation sites (tertiary alicyclic amines) is 1. The Labute approximate surface area is 181 Å². The molecule has 2 aromatic rings. The average molecular weight is 435 g/mol. The van der Waals surface area contributed by atoms with E-state index in [0.29, 0.717) is 35.0 Å². The van der Waals surface area contributed by atoms with E-state index < -0.39 is 0 Å². The van der Waals surface area contributed by atoms with Gasteiger partial charge in [-0.05, 0) is 55.4 Å². The zero-order chi connectivity index (χ0) is 20.8. The van der Waals surface area contributed by atoms with E-state index in [1.807, 2.05) is 35.2 Å². The van der Waals surface area contributed by atoms with E-state index in [0.717, 1.165) is 30.7 Å². The van der Waals surface area contributed by atoms with Crippen molar-refractivity contribution in [3.63, 3.8) is 0 Å². The van der Waals surface area contributed by atoms with E-state index in [1.165, 1.54) is 11.3 Å². The van der Waals surface area contributed by atoms with Gasteiger partial charge >= 0.3 is 6.09 Å². The van der Waals surface area contributed by atoms with Gasteiger partial charge in [-0.15, -0.1) is 11.3 Å². The molecule has 0 bridgehead atoms. The fraction of sp³-hybridized carbons (Fsp3) is 0.455. The molecule has 1 aliphatic rings. The van der Waals surface area contributed by atoms with Crippen LogP contribution < -0.4 is 9.64 Å². The van der Waals surface area contributed by atoms with E-state index in [2.05, 4.69) is 13.8 Å². The first-order valence-electron chi connectivity index (χ1n) is 9.98. The average Bonchev–Trinajstić information content (AvgIpc) is 3.14. The normalized spacial score (nSPS) is 15.9. The smallest absolute Gasteiger partial charge is 0.410 e. The lowest BCUT2D eigenvalue weighted by molar-refractivity contribution is -0.108. The first-order chi connectivity index (χ1) is 14.0. The minimum Gasteiger partial charge on any atom is -0.410 e. The summed E-state index contributed by atoms with van der Waals surface area (Å²) in [6.07, 6.45) is 3.20. The second kappa shape index (κ2) is 10.1. The van der Waals surface area contributed by atoms with Crippen molar-refractivity contribution in [2.75, 3.05) is 18.0 Å². The lowest BCUT2D eigenvalue weighted by Crippen LogP contribution is -2.47. The number of nitrogens with zero attached hydrogens (tertiary/aromatic N) is 2. The van der Waals surface area contributed by atoms with Crippen LogP contribution in [0.25, 0.3) is 0 Å². The van der Waals surface area contributed by atoms with Crippen LogP contribution in [0.3, 0.4) is 0 Å². The number of rotatable bonds is 7. The number of piperidine rings is 1. The Hall–Kier alpha value is -2.05. The lowest BCUT2D eigenvalue weighted by atomic mass is 9.84. The zero-order valence-electron chi connectivity index (χ0n) is 16.8. The van der Waals surface area contributed by atoms with E-state index >= 15 is 0 Å². The van der Waals surface area contributed by atoms with Crippen LogP contribution in [0, 0.1) is 11.8 Å². The van der Waals surface area contributed by atoms with Crippen molar-refractivity contribution < 1.29 is 14.3 Å². The number of halogens is 1. The summed E-state index contributed by atoms with van der Waals surface area (Å²) >= 11 is 7.52. The Bertz CT molecular complexity index is 803. The van der Waals surface area contributed by atoms with Crippen LogP contribution in [0.15, 0.2) is 42.5 Å². The number of hydrogen-bond donors (Lipinski definition) is 0. The Morgan fingerprint density at radius 3 is 2.48 bits per heavy atom. The first-order valence-corrected chi connectivity index (χ1v) is 11.2. The summed E-state index contributed by atoms with van der Waals surface area (Å²) in [6.45, 7) is 5.60. The number of hydrogen-bond acceptors (Lipinski definition) is 4. The van der Waals surface area contributed by atoms with Crippen molar-refractivity contribution in [2.45, 2.75) is 39.2 Å². The minimum absolute atomic E-state index is 0.0921. The highest BCUT2D eigenvalue weighted by molar-refractivity contribution is 7.20. The Balaban J connectivity index is 1.65. The summed E-state index contributed by atoms with van der Waals surface area (Å²) in [5.41, 5.74) is 0. The number of ether oxygens (including phenoxy) is 1. The number of carbonyl (C=O) groups excluding carboxylic acids is 2. The van der Waals surface area contributed by atoms with Gasteiger partial charge in [0, 0.05) is 19.1 Å². The van der Waals surface area contributed by atoms with Crippen LogP contribution in [0.5, 0.6) is 5.75 Å². The summed E-state index contributed by atoms with van der Waals surface area (Å²) in [5.74, 6) is 1.34. The van der Waals surface area contributed by atoms with Gasteiger partial charge in [-0.25, -0.2) is 4.79 Å². The van der Waals surface area contributed by atoms with Crippen molar-refractivity contribution in [1.29, 1.82) is 0 Å². The van der Waals surface area contributed by atoms with Gasteiger partial charge < -0.3 is 14.5 Å². The van der Waals surface area contributed by atoms with Crippen LogP contribution in [0.4, 0.5) is 9.80 Å². The molecule has 2 amide bonds. The molecule has 1 aromatic heterocycles. The number of thiophene rings is 1. The molecule has 0 aliphatic carbocycles. The molecule has 2 heterocycles. The topological polar surface area (TPSA) is 49.9 Å². The summed E-state index contributed by atoms with van der Waals surface area (Å²) in [6, 6.07) is 12.9. The predicted octanol–water partition coefficient (Wildman–Crippen LogP) is 5.69. The van der Waals surface area contributed by atoms with Crippen LogP contribution in [-0.2, 0) is 4.79 Å². The molecule has 0 saturated carbocycles. The maximum Gasteiger partial charge on any atom is 0.415 e. The summed E-state index contributed by atoms with van der Waals surface area (Å²) in [7, 11) is 0. The highest BCUT2D eigenvalue weighted by Gasteiger charge is 2.33. The van der Waals surface area contributed by atoms with Crippen LogP contribution in [0.1, 0.15) is 33.1 Å². The third kappa shape index (κ3) is 5.73.